The average Bonchev–Trinajstić information content (AvgIpc) is 2.64. The van der Waals surface area contributed by atoms with E-state index in [1.165, 1.54) is 0 Å². The molecule has 0 radical (unpaired) electrons. The van der Waals surface area contributed by atoms with E-state index in [9.17, 15) is 79.0 Å². The molecule has 2 nitrogen and oxygen atoms in total. The van der Waals surface area contributed by atoms with Gasteiger partial charge in [-0.05, 0) is 0 Å². The van der Waals surface area contributed by atoms with Gasteiger partial charge in [0.05, 0.1) is 0 Å². The summed E-state index contributed by atoms with van der Waals surface area (Å²) >= 11 is -10.3. The molecule has 0 heterocycles. The molecule has 0 aromatic heterocycles. The number of halogens is 18. The molecule has 0 unspecified atom stereocenters. The van der Waals surface area contributed by atoms with Crippen LogP contribution < -0.4 is 0 Å². The van der Waals surface area contributed by atoms with Gasteiger partial charge in [0.2, 0.25) is 0 Å². The second-order valence-electron chi connectivity index (χ2n) is 8.47. The van der Waals surface area contributed by atoms with Crippen LogP contribution in [0, 0.1) is 11.8 Å². The van der Waals surface area contributed by atoms with Crippen molar-refractivity contribution in [2.24, 2.45) is 11.8 Å². The van der Waals surface area contributed by atoms with Crippen molar-refractivity contribution in [1.82, 2.24) is 0 Å². The number of hydrogen-bond acceptors (Lipinski definition) is 2. The third-order valence-electron chi connectivity index (χ3n) is 4.36. The molecule has 0 aromatic carbocycles. The summed E-state index contributed by atoms with van der Waals surface area (Å²) in [6, 6.07) is 0. The topological polar surface area (TPSA) is 18.5 Å². The van der Waals surface area contributed by atoms with Gasteiger partial charge in [-0.2, -0.15) is 0 Å². The fraction of sp³-hybridized carbons (Fsp3) is 1.00. The Kier molecular flexibility index (Phi) is 10.3. The SMILES string of the molecule is CC(C)C[O][Sn]([O]CC(C)C)([C](F)(F)C(F)(F)C(F)(F)C(F)(F)F)[C](F)(F)C(F)(F)C(F)(F)C(F)(F)F. The van der Waals surface area contributed by atoms with Gasteiger partial charge in [0, 0.05) is 0 Å². The zero-order chi connectivity index (χ0) is 30.5. The molecule has 0 aliphatic rings. The van der Waals surface area contributed by atoms with Gasteiger partial charge in [-0.3, -0.25) is 0 Å². The van der Waals surface area contributed by atoms with Gasteiger partial charge in [-0.25, -0.2) is 0 Å². The van der Waals surface area contributed by atoms with Gasteiger partial charge in [0.1, 0.15) is 0 Å². The Morgan fingerprint density at radius 2 is 0.649 bits per heavy atom. The first kappa shape index (κ1) is 36.5. The number of rotatable bonds is 12. The fourth-order valence-corrected chi connectivity index (χ4v) is 12.3. The first-order valence-electron chi connectivity index (χ1n) is 9.51. The van der Waals surface area contributed by atoms with Gasteiger partial charge in [0.25, 0.3) is 0 Å². The van der Waals surface area contributed by atoms with Gasteiger partial charge < -0.3 is 0 Å². The van der Waals surface area contributed by atoms with Gasteiger partial charge in [-0.15, -0.1) is 0 Å². The van der Waals surface area contributed by atoms with Gasteiger partial charge in [0.15, 0.2) is 0 Å². The van der Waals surface area contributed by atoms with Crippen LogP contribution in [0.1, 0.15) is 27.7 Å². The Morgan fingerprint density at radius 1 is 0.432 bits per heavy atom. The first-order chi connectivity index (χ1) is 15.8. The van der Waals surface area contributed by atoms with Gasteiger partial charge >= 0.3 is 201 Å². The van der Waals surface area contributed by atoms with Crippen LogP contribution in [-0.4, -0.2) is 76.3 Å². The molecule has 0 spiro atoms. The Hall–Kier alpha value is -0.541. The number of alkyl halides is 18. The monoisotopic (exact) mass is 704 g/mol. The fourth-order valence-electron chi connectivity index (χ4n) is 2.33. The van der Waals surface area contributed by atoms with Crippen LogP contribution >= 0.6 is 0 Å². The molecule has 0 atom stereocenters. The van der Waals surface area contributed by atoms with E-state index in [1.807, 2.05) is 0 Å². The Morgan fingerprint density at radius 3 is 0.811 bits per heavy atom. The van der Waals surface area contributed by atoms with Crippen LogP contribution in [0.5, 0.6) is 0 Å². The molecule has 224 valence electrons. The molecular formula is C16H18F18O2Sn. The summed E-state index contributed by atoms with van der Waals surface area (Å²) in [5.41, 5.74) is 0. The summed E-state index contributed by atoms with van der Waals surface area (Å²) in [5.74, 6) is -35.4. The molecule has 0 bridgehead atoms. The van der Waals surface area contributed by atoms with Crippen LogP contribution in [0.15, 0.2) is 0 Å². The van der Waals surface area contributed by atoms with Crippen LogP contribution in [0.25, 0.3) is 0 Å². The van der Waals surface area contributed by atoms with Crippen molar-refractivity contribution >= 4 is 19.2 Å². The zero-order valence-corrected chi connectivity index (χ0v) is 21.5. The second-order valence-corrected chi connectivity index (χ2v) is 17.2. The summed E-state index contributed by atoms with van der Waals surface area (Å²) in [6.07, 6.45) is -15.4. The summed E-state index contributed by atoms with van der Waals surface area (Å²) in [6.45, 7) is -0.775. The zero-order valence-electron chi connectivity index (χ0n) is 18.7. The van der Waals surface area contributed by atoms with E-state index in [1.54, 1.807) is 0 Å². The van der Waals surface area contributed by atoms with Crippen molar-refractivity contribution in [3.05, 3.63) is 0 Å². The molecule has 0 saturated heterocycles. The molecular weight excluding hydrogens is 685 g/mol. The molecule has 0 aromatic rings. The van der Waals surface area contributed by atoms with E-state index in [4.69, 9.17) is 0 Å². The van der Waals surface area contributed by atoms with Gasteiger partial charge in [-0.1, -0.05) is 0 Å². The summed E-state index contributed by atoms with van der Waals surface area (Å²) in [7, 11) is 0. The van der Waals surface area contributed by atoms with Crippen molar-refractivity contribution < 1.29 is 85.2 Å². The van der Waals surface area contributed by atoms with Crippen LogP contribution in [0.3, 0.4) is 0 Å². The summed E-state index contributed by atoms with van der Waals surface area (Å²) in [4.78, 5) is 0. The second kappa shape index (κ2) is 10.5. The average molecular weight is 703 g/mol. The third-order valence-corrected chi connectivity index (χ3v) is 14.1. The van der Waals surface area contributed by atoms with Crippen molar-refractivity contribution in [1.29, 1.82) is 0 Å². The van der Waals surface area contributed by atoms with Crippen molar-refractivity contribution in [3.63, 3.8) is 0 Å². The van der Waals surface area contributed by atoms with Crippen molar-refractivity contribution in [3.8, 4) is 0 Å². The van der Waals surface area contributed by atoms with E-state index < -0.39 is 88.2 Å². The van der Waals surface area contributed by atoms with E-state index in [0.29, 0.717) is 0 Å². The molecule has 21 heteroatoms. The minimum absolute atomic E-state index is 0.764. The molecule has 0 rings (SSSR count). The first-order valence-corrected chi connectivity index (χ1v) is 14.7. The maximum absolute atomic E-state index is 14.9. The predicted octanol–water partition coefficient (Wildman–Crippen LogP) is 7.79. The Balaban J connectivity index is 7.84. The van der Waals surface area contributed by atoms with E-state index in [0.717, 1.165) is 27.7 Å². The third kappa shape index (κ3) is 5.70. The molecule has 0 saturated carbocycles. The minimum atomic E-state index is -10.3. The van der Waals surface area contributed by atoms with E-state index >= 15 is 0 Å². The van der Waals surface area contributed by atoms with Crippen molar-refractivity contribution in [2.45, 2.75) is 71.6 Å². The van der Waals surface area contributed by atoms with Crippen molar-refractivity contribution in [2.75, 3.05) is 13.2 Å². The van der Waals surface area contributed by atoms with E-state index in [-0.39, 0.29) is 0 Å². The van der Waals surface area contributed by atoms with Crippen LogP contribution in [0.2, 0.25) is 0 Å². The molecule has 0 N–H and O–H groups in total. The standard InChI is InChI=1S/2C4F9.2C4H9O.Sn/c2*5-1(6)2(7,8)3(9,10)4(11,12)13;2*1-4(2)3-5;/h;;2*4H,3H2,1-2H3;/q;;2*-1;+2. The molecule has 0 aliphatic carbocycles. The normalized spacial score (nSPS) is 16.2. The van der Waals surface area contributed by atoms with Crippen LogP contribution in [0.4, 0.5) is 79.0 Å². The molecule has 37 heavy (non-hydrogen) atoms. The Labute approximate surface area is 201 Å². The maximum atomic E-state index is 14.9. The summed E-state index contributed by atoms with van der Waals surface area (Å²) in [5, 5.41) is 0. The quantitative estimate of drug-likeness (QED) is 0.153. The molecule has 0 amide bonds. The molecule has 0 aliphatic heterocycles. The van der Waals surface area contributed by atoms with E-state index in [2.05, 4.69) is 6.15 Å². The Bertz CT molecular complexity index is 707. The summed E-state index contributed by atoms with van der Waals surface area (Å²) < 4.78 is 237. The molecule has 0 fully saturated rings. The number of hydrogen-bond donors (Lipinski definition) is 0. The predicted molar refractivity (Wildman–Crippen MR) is 89.1 cm³/mol. The van der Waals surface area contributed by atoms with Crippen LogP contribution in [-0.2, 0) is 6.15 Å².